The second-order valence-electron chi connectivity index (χ2n) is 5.65. The van der Waals surface area contributed by atoms with E-state index in [-0.39, 0.29) is 11.8 Å². The lowest BCUT2D eigenvalue weighted by Gasteiger charge is -2.21. The molecule has 0 bridgehead atoms. The van der Waals surface area contributed by atoms with Gasteiger partial charge in [0.15, 0.2) is 11.5 Å². The largest absolute Gasteiger partial charge is 0.493 e. The number of carbonyl (C=O) groups excluding carboxylic acids is 1. The van der Waals surface area contributed by atoms with Gasteiger partial charge in [0.05, 0.1) is 7.11 Å². The predicted molar refractivity (Wildman–Crippen MR) is 91.7 cm³/mol. The quantitative estimate of drug-likeness (QED) is 0.906. The Morgan fingerprint density at radius 2 is 1.71 bits per heavy atom. The first-order valence-corrected chi connectivity index (χ1v) is 8.06. The highest BCUT2D eigenvalue weighted by molar-refractivity contribution is 5.92. The molecule has 0 atom stereocenters. The van der Waals surface area contributed by atoms with Crippen LogP contribution in [-0.4, -0.2) is 26.2 Å². The Kier molecular flexibility index (Phi) is 5.33. The van der Waals surface area contributed by atoms with Gasteiger partial charge in [-0.15, -0.1) is 0 Å². The Hall–Kier alpha value is -2.53. The van der Waals surface area contributed by atoms with E-state index in [0.29, 0.717) is 30.5 Å². The molecule has 1 fully saturated rings. The van der Waals surface area contributed by atoms with Gasteiger partial charge < -0.3 is 19.5 Å². The highest BCUT2D eigenvalue weighted by atomic mass is 16.5. The fourth-order valence-electron chi connectivity index (χ4n) is 2.64. The number of anilines is 1. The maximum atomic E-state index is 12.2. The van der Waals surface area contributed by atoms with E-state index in [4.69, 9.17) is 14.2 Å². The first-order chi connectivity index (χ1) is 11.8. The molecule has 0 aromatic heterocycles. The topological polar surface area (TPSA) is 56.8 Å². The molecule has 0 unspecified atom stereocenters. The molecule has 0 radical (unpaired) electrons. The number of amides is 1. The second-order valence-corrected chi connectivity index (χ2v) is 5.65. The fraction of sp³-hybridized carbons (Fsp3) is 0.316. The first-order valence-electron chi connectivity index (χ1n) is 8.06. The number of hydrogen-bond donors (Lipinski definition) is 1. The number of ether oxygens (including phenoxy) is 3. The SMILES string of the molecule is COc1ccccc1Oc1ccc(NC(=O)C2CCOCC2)cc1. The highest BCUT2D eigenvalue weighted by Gasteiger charge is 2.21. The van der Waals surface area contributed by atoms with Crippen molar-refractivity contribution in [3.63, 3.8) is 0 Å². The van der Waals surface area contributed by atoms with Crippen LogP contribution >= 0.6 is 0 Å². The van der Waals surface area contributed by atoms with Crippen LogP contribution in [0.2, 0.25) is 0 Å². The number of hydrogen-bond acceptors (Lipinski definition) is 4. The van der Waals surface area contributed by atoms with Gasteiger partial charge >= 0.3 is 0 Å². The molecule has 3 rings (SSSR count). The third kappa shape index (κ3) is 4.06. The van der Waals surface area contributed by atoms with E-state index < -0.39 is 0 Å². The summed E-state index contributed by atoms with van der Waals surface area (Å²) in [5.74, 6) is 2.09. The predicted octanol–water partition coefficient (Wildman–Crippen LogP) is 3.85. The molecule has 5 heteroatoms. The van der Waals surface area contributed by atoms with E-state index >= 15 is 0 Å². The Morgan fingerprint density at radius 3 is 2.38 bits per heavy atom. The van der Waals surface area contributed by atoms with Crippen molar-refractivity contribution in [3.8, 4) is 17.2 Å². The molecule has 1 heterocycles. The number of rotatable bonds is 5. The van der Waals surface area contributed by atoms with Crippen LogP contribution < -0.4 is 14.8 Å². The maximum Gasteiger partial charge on any atom is 0.227 e. The van der Waals surface area contributed by atoms with Crippen molar-refractivity contribution in [2.24, 2.45) is 5.92 Å². The summed E-state index contributed by atoms with van der Waals surface area (Å²) in [4.78, 5) is 12.2. The molecular weight excluding hydrogens is 306 g/mol. The summed E-state index contributed by atoms with van der Waals surface area (Å²) < 4.78 is 16.4. The van der Waals surface area contributed by atoms with Crippen LogP contribution in [0.15, 0.2) is 48.5 Å². The van der Waals surface area contributed by atoms with Crippen molar-refractivity contribution in [2.45, 2.75) is 12.8 Å². The van der Waals surface area contributed by atoms with Crippen molar-refractivity contribution in [3.05, 3.63) is 48.5 Å². The molecule has 0 spiro atoms. The molecule has 126 valence electrons. The van der Waals surface area contributed by atoms with E-state index in [1.165, 1.54) is 0 Å². The lowest BCUT2D eigenvalue weighted by molar-refractivity contribution is -0.122. The number of methoxy groups -OCH3 is 1. The maximum absolute atomic E-state index is 12.2. The number of nitrogens with one attached hydrogen (secondary N) is 1. The van der Waals surface area contributed by atoms with E-state index in [1.807, 2.05) is 48.5 Å². The van der Waals surface area contributed by atoms with E-state index in [2.05, 4.69) is 5.32 Å². The van der Waals surface area contributed by atoms with Gasteiger partial charge in [0.25, 0.3) is 0 Å². The van der Waals surface area contributed by atoms with Crippen LogP contribution in [-0.2, 0) is 9.53 Å². The third-order valence-electron chi connectivity index (χ3n) is 4.01. The van der Waals surface area contributed by atoms with Crippen molar-refractivity contribution in [2.75, 3.05) is 25.6 Å². The van der Waals surface area contributed by atoms with Crippen LogP contribution in [0, 0.1) is 5.92 Å². The molecule has 0 saturated carbocycles. The van der Waals surface area contributed by atoms with Gasteiger partial charge in [-0.3, -0.25) is 4.79 Å². The highest BCUT2D eigenvalue weighted by Crippen LogP contribution is 2.31. The summed E-state index contributed by atoms with van der Waals surface area (Å²) in [6.07, 6.45) is 1.56. The standard InChI is InChI=1S/C19H21NO4/c1-22-17-4-2-3-5-18(17)24-16-8-6-15(7-9-16)20-19(21)14-10-12-23-13-11-14/h2-9,14H,10-13H2,1H3,(H,20,21). The Bertz CT molecular complexity index is 678. The normalized spacial score (nSPS) is 14.9. The number of benzene rings is 2. The lowest BCUT2D eigenvalue weighted by atomic mass is 9.99. The average molecular weight is 327 g/mol. The van der Waals surface area contributed by atoms with E-state index in [9.17, 15) is 4.79 Å². The van der Waals surface area contributed by atoms with Crippen molar-refractivity contribution in [1.29, 1.82) is 0 Å². The zero-order valence-corrected chi connectivity index (χ0v) is 13.7. The molecule has 1 saturated heterocycles. The van der Waals surface area contributed by atoms with Crippen LogP contribution in [0.5, 0.6) is 17.2 Å². The summed E-state index contributed by atoms with van der Waals surface area (Å²) in [5, 5.41) is 2.95. The average Bonchev–Trinajstić information content (AvgIpc) is 2.64. The van der Waals surface area contributed by atoms with Crippen LogP contribution in [0.3, 0.4) is 0 Å². The second kappa shape index (κ2) is 7.84. The number of para-hydroxylation sites is 2. The monoisotopic (exact) mass is 327 g/mol. The summed E-state index contributed by atoms with van der Waals surface area (Å²) >= 11 is 0. The molecule has 0 aliphatic carbocycles. The summed E-state index contributed by atoms with van der Waals surface area (Å²) in [7, 11) is 1.61. The molecule has 5 nitrogen and oxygen atoms in total. The molecule has 1 aliphatic heterocycles. The van der Waals surface area contributed by atoms with Crippen LogP contribution in [0.4, 0.5) is 5.69 Å². The summed E-state index contributed by atoms with van der Waals surface area (Å²) in [5.41, 5.74) is 0.763. The van der Waals surface area contributed by atoms with Crippen molar-refractivity contribution in [1.82, 2.24) is 0 Å². The molecule has 1 N–H and O–H groups in total. The van der Waals surface area contributed by atoms with Gasteiger partial charge in [0.1, 0.15) is 5.75 Å². The fourth-order valence-corrected chi connectivity index (χ4v) is 2.64. The van der Waals surface area contributed by atoms with Gasteiger partial charge in [-0.2, -0.15) is 0 Å². The first kappa shape index (κ1) is 16.3. The van der Waals surface area contributed by atoms with Crippen molar-refractivity contribution < 1.29 is 19.0 Å². The Morgan fingerprint density at radius 1 is 1.04 bits per heavy atom. The smallest absolute Gasteiger partial charge is 0.227 e. The number of carbonyl (C=O) groups is 1. The van der Waals surface area contributed by atoms with E-state index in [0.717, 1.165) is 18.5 Å². The van der Waals surface area contributed by atoms with Crippen molar-refractivity contribution >= 4 is 11.6 Å². The van der Waals surface area contributed by atoms with Gasteiger partial charge in [-0.05, 0) is 49.2 Å². The minimum absolute atomic E-state index is 0.0308. The molecule has 24 heavy (non-hydrogen) atoms. The molecule has 1 aliphatic rings. The minimum Gasteiger partial charge on any atom is -0.493 e. The molecule has 1 amide bonds. The Balaban J connectivity index is 1.61. The van der Waals surface area contributed by atoms with Gasteiger partial charge in [-0.25, -0.2) is 0 Å². The zero-order chi connectivity index (χ0) is 16.8. The molecular formula is C19H21NO4. The lowest BCUT2D eigenvalue weighted by Crippen LogP contribution is -2.28. The minimum atomic E-state index is 0.0308. The molecule has 2 aromatic rings. The molecule has 2 aromatic carbocycles. The Labute approximate surface area is 141 Å². The summed E-state index contributed by atoms with van der Waals surface area (Å²) in [6.45, 7) is 1.31. The van der Waals surface area contributed by atoms with Crippen LogP contribution in [0.25, 0.3) is 0 Å². The third-order valence-corrected chi connectivity index (χ3v) is 4.01. The van der Waals surface area contributed by atoms with Gasteiger partial charge in [0.2, 0.25) is 5.91 Å². The summed E-state index contributed by atoms with van der Waals surface area (Å²) in [6, 6.07) is 14.8. The van der Waals surface area contributed by atoms with Crippen LogP contribution in [0.1, 0.15) is 12.8 Å². The zero-order valence-electron chi connectivity index (χ0n) is 13.7. The van der Waals surface area contributed by atoms with E-state index in [1.54, 1.807) is 7.11 Å². The van der Waals surface area contributed by atoms with Gasteiger partial charge in [-0.1, -0.05) is 12.1 Å². The van der Waals surface area contributed by atoms with Gasteiger partial charge in [0, 0.05) is 24.8 Å².